The molecule has 0 aliphatic carbocycles. The van der Waals surface area contributed by atoms with Crippen LogP contribution in [0, 0.1) is 5.92 Å². The van der Waals surface area contributed by atoms with Gasteiger partial charge in [-0.25, -0.2) is 24.5 Å². The number of anilines is 4. The van der Waals surface area contributed by atoms with E-state index in [0.29, 0.717) is 19.4 Å². The molecule has 4 aromatic rings. The van der Waals surface area contributed by atoms with Crippen molar-refractivity contribution in [2.24, 2.45) is 10.9 Å². The first-order valence-electron chi connectivity index (χ1n) is 17.1. The minimum Gasteiger partial charge on any atom is -0.344 e. The molecule has 2 amide bonds. The third-order valence-electron chi connectivity index (χ3n) is 9.59. The van der Waals surface area contributed by atoms with E-state index in [1.165, 1.54) is 68.5 Å². The number of aromatic nitrogens is 7. The topological polar surface area (TPSA) is 165 Å². The molecule has 2 N–H and O–H groups in total. The zero-order chi connectivity index (χ0) is 38.5. The Morgan fingerprint density at radius 1 is 0.836 bits per heavy atom. The highest BCUT2D eigenvalue weighted by Gasteiger charge is 2.47. The smallest absolute Gasteiger partial charge is 0.344 e. The fraction of sp³-hybridized carbons (Fsp3) is 0.364. The van der Waals surface area contributed by atoms with E-state index in [9.17, 15) is 35.9 Å². The number of hydrazine groups is 1. The largest absolute Gasteiger partial charge is 0.408 e. The highest BCUT2D eigenvalue weighted by Crippen LogP contribution is 2.37. The molecule has 2 saturated heterocycles. The number of rotatable bonds is 7. The third kappa shape index (κ3) is 7.11. The molecule has 0 aromatic carbocycles. The summed E-state index contributed by atoms with van der Waals surface area (Å²) < 4.78 is 83.0. The fourth-order valence-corrected chi connectivity index (χ4v) is 6.93. The summed E-state index contributed by atoms with van der Waals surface area (Å²) in [5, 5.41) is 28.2. The summed E-state index contributed by atoms with van der Waals surface area (Å²) in [6.45, 7) is 0.300. The highest BCUT2D eigenvalue weighted by atomic mass is 19.4. The predicted octanol–water partition coefficient (Wildman–Crippen LogP) is 4.18. The quantitative estimate of drug-likeness (QED) is 0.258. The van der Waals surface area contributed by atoms with Crippen LogP contribution in [0.1, 0.15) is 36.0 Å². The molecule has 0 spiro atoms. The van der Waals surface area contributed by atoms with Gasteiger partial charge in [0.05, 0.1) is 12.1 Å². The van der Waals surface area contributed by atoms with Crippen molar-refractivity contribution >= 4 is 46.6 Å². The van der Waals surface area contributed by atoms with Crippen molar-refractivity contribution in [3.05, 3.63) is 78.5 Å². The van der Waals surface area contributed by atoms with Crippen LogP contribution < -0.4 is 20.5 Å². The predicted molar refractivity (Wildman–Crippen MR) is 183 cm³/mol. The number of fused-ring (bicyclic) bond motifs is 2. The number of hydrogen-bond acceptors (Lipinski definition) is 13. The van der Waals surface area contributed by atoms with Crippen molar-refractivity contribution in [1.29, 1.82) is 0 Å². The van der Waals surface area contributed by atoms with Crippen LogP contribution in [0.5, 0.6) is 0 Å². The van der Waals surface area contributed by atoms with Gasteiger partial charge >= 0.3 is 12.4 Å². The number of aliphatic imine (C=N–C) groups is 1. The van der Waals surface area contributed by atoms with Gasteiger partial charge in [0.1, 0.15) is 29.2 Å². The number of amidine groups is 1. The van der Waals surface area contributed by atoms with Gasteiger partial charge in [0.2, 0.25) is 0 Å². The number of alkyl halides is 6. The maximum atomic E-state index is 13.6. The number of carbonyl (C=O) groups excluding carboxylic acids is 2. The van der Waals surface area contributed by atoms with Crippen LogP contribution in [0.3, 0.4) is 0 Å². The Labute approximate surface area is 307 Å². The summed E-state index contributed by atoms with van der Waals surface area (Å²) in [6.07, 6.45) is -0.201. The Morgan fingerprint density at radius 2 is 1.64 bits per heavy atom. The first-order valence-corrected chi connectivity index (χ1v) is 17.1. The average Bonchev–Trinajstić information content (AvgIpc) is 3.93. The van der Waals surface area contributed by atoms with E-state index in [0.717, 1.165) is 0 Å². The normalized spacial score (nSPS) is 21.8. The molecular formula is C33H30F6N14O2. The van der Waals surface area contributed by atoms with E-state index in [1.807, 2.05) is 0 Å². The SMILES string of the molecule is O=C(Nc1cccnn1)C1=CN(c2ccc(NC(=O)c3cnn4ccc(N5CCCC5C(F)(F)F)nc34)nn2)N2C=CC(N3CCCC(C(F)(F)F)C3)N=C12. The number of nitrogens with zero attached hydrogens (tertiary/aromatic N) is 12. The molecular weight excluding hydrogens is 738 g/mol. The summed E-state index contributed by atoms with van der Waals surface area (Å²) in [6, 6.07) is 5.77. The van der Waals surface area contributed by atoms with E-state index in [-0.39, 0.29) is 71.8 Å². The number of hydrogen-bond donors (Lipinski definition) is 2. The molecule has 3 unspecified atom stereocenters. The van der Waals surface area contributed by atoms with E-state index in [4.69, 9.17) is 4.99 Å². The Hall–Kier alpha value is -6.19. The van der Waals surface area contributed by atoms with Crippen LogP contribution in [0.15, 0.2) is 78.0 Å². The first kappa shape index (κ1) is 35.8. The third-order valence-corrected chi connectivity index (χ3v) is 9.59. The highest BCUT2D eigenvalue weighted by molar-refractivity contribution is 6.26. The van der Waals surface area contributed by atoms with Gasteiger partial charge in [0, 0.05) is 44.4 Å². The van der Waals surface area contributed by atoms with Gasteiger partial charge in [0.15, 0.2) is 28.9 Å². The van der Waals surface area contributed by atoms with Gasteiger partial charge in [-0.05, 0) is 62.1 Å². The second-order valence-corrected chi connectivity index (χ2v) is 13.1. The maximum absolute atomic E-state index is 13.6. The molecule has 8 heterocycles. The Kier molecular flexibility index (Phi) is 9.05. The molecule has 0 radical (unpaired) electrons. The molecule has 4 aliphatic heterocycles. The number of carbonyl (C=O) groups is 2. The first-order chi connectivity index (χ1) is 26.3. The summed E-state index contributed by atoms with van der Waals surface area (Å²) >= 11 is 0. The van der Waals surface area contributed by atoms with Gasteiger partial charge < -0.3 is 15.5 Å². The molecule has 16 nitrogen and oxygen atoms in total. The second kappa shape index (κ2) is 13.9. The summed E-state index contributed by atoms with van der Waals surface area (Å²) in [7, 11) is 0. The van der Waals surface area contributed by atoms with E-state index in [2.05, 4.69) is 41.1 Å². The van der Waals surface area contributed by atoms with Crippen LogP contribution in [0.25, 0.3) is 5.65 Å². The van der Waals surface area contributed by atoms with Crippen LogP contribution in [0.2, 0.25) is 0 Å². The molecule has 4 aliphatic rings. The molecule has 0 bridgehead atoms. The van der Waals surface area contributed by atoms with Crippen LogP contribution in [0.4, 0.5) is 49.6 Å². The number of halogens is 6. The molecule has 4 aromatic heterocycles. The van der Waals surface area contributed by atoms with Crippen molar-refractivity contribution < 1.29 is 35.9 Å². The lowest BCUT2D eigenvalue weighted by Gasteiger charge is -2.38. The number of piperidine rings is 1. The molecule has 8 rings (SSSR count). The van der Waals surface area contributed by atoms with Gasteiger partial charge in [0.25, 0.3) is 11.8 Å². The molecule has 0 saturated carbocycles. The lowest BCUT2D eigenvalue weighted by Crippen LogP contribution is -2.48. The lowest BCUT2D eigenvalue weighted by molar-refractivity contribution is -0.187. The van der Waals surface area contributed by atoms with Crippen molar-refractivity contribution in [3.8, 4) is 0 Å². The second-order valence-electron chi connectivity index (χ2n) is 13.1. The monoisotopic (exact) mass is 768 g/mol. The number of amides is 2. The van der Waals surface area contributed by atoms with Crippen molar-refractivity contribution in [3.63, 3.8) is 0 Å². The fourth-order valence-electron chi connectivity index (χ4n) is 6.93. The van der Waals surface area contributed by atoms with Crippen molar-refractivity contribution in [2.45, 2.75) is 50.2 Å². The van der Waals surface area contributed by atoms with E-state index >= 15 is 0 Å². The molecule has 3 atom stereocenters. The minimum absolute atomic E-state index is 0.0113. The number of likely N-dealkylation sites (tertiary alicyclic amines) is 1. The van der Waals surface area contributed by atoms with Crippen molar-refractivity contribution in [2.75, 3.05) is 40.2 Å². The zero-order valence-electron chi connectivity index (χ0n) is 28.5. The summed E-state index contributed by atoms with van der Waals surface area (Å²) in [4.78, 5) is 38.7. The lowest BCUT2D eigenvalue weighted by atomic mass is 9.97. The van der Waals surface area contributed by atoms with Gasteiger partial charge in [-0.3, -0.25) is 14.5 Å². The van der Waals surface area contributed by atoms with Gasteiger partial charge in [-0.15, -0.1) is 15.3 Å². The molecule has 2 fully saturated rings. The molecule has 22 heteroatoms. The van der Waals surface area contributed by atoms with Gasteiger partial charge in [-0.2, -0.15) is 36.5 Å². The summed E-state index contributed by atoms with van der Waals surface area (Å²) in [5.41, 5.74) is 0.0854. The van der Waals surface area contributed by atoms with Crippen LogP contribution in [-0.2, 0) is 4.79 Å². The standard InChI is InChI=1S/C33H30F6N14O2/c34-32(35,36)19-4-2-12-49(17-19)25-10-15-52-29(44-25)21(31(55)42-23-6-1-11-40-46-23)18-53(52)27-8-7-24(47-48-27)43-30(54)20-16-41-51-14-9-26(45-28(20)51)50-13-3-5-22(50)33(37,38)39/h1,6-11,14-16,18-19,22,25H,2-5,12-13,17H2,(H,42,46,55)(H,43,47,54). The van der Waals surface area contributed by atoms with Crippen LogP contribution >= 0.6 is 0 Å². The minimum atomic E-state index is -4.44. The molecule has 55 heavy (non-hydrogen) atoms. The average molecular weight is 769 g/mol. The van der Waals surface area contributed by atoms with E-state index < -0.39 is 42.3 Å². The number of nitrogens with one attached hydrogen (secondary N) is 2. The summed E-state index contributed by atoms with van der Waals surface area (Å²) in [5.74, 6) is -2.26. The van der Waals surface area contributed by atoms with Crippen molar-refractivity contribution in [1.82, 2.24) is 44.9 Å². The Bertz CT molecular complexity index is 2190. The zero-order valence-corrected chi connectivity index (χ0v) is 28.5. The van der Waals surface area contributed by atoms with E-state index in [1.54, 1.807) is 23.2 Å². The Morgan fingerprint density at radius 3 is 2.38 bits per heavy atom. The van der Waals surface area contributed by atoms with Gasteiger partial charge in [-0.1, -0.05) is 0 Å². The van der Waals surface area contributed by atoms with Crippen LogP contribution in [-0.4, -0.2) is 107 Å². The Balaban J connectivity index is 1.02. The molecule has 286 valence electrons. The maximum Gasteiger partial charge on any atom is 0.408 e.